The molecule has 0 saturated heterocycles. The minimum absolute atomic E-state index is 0. The van der Waals surface area contributed by atoms with Crippen LogP contribution in [-0.2, 0) is 11.3 Å². The second-order valence-corrected chi connectivity index (χ2v) is 2.95. The number of ether oxygens (including phenoxy) is 2. The molecule has 0 radical (unpaired) electrons. The number of rotatable bonds is 5. The Labute approximate surface area is 88.0 Å². The van der Waals surface area contributed by atoms with Crippen molar-refractivity contribution >= 4 is 12.6 Å². The number of hydrogen-bond donors (Lipinski definition) is 3. The monoisotopic (exact) mass is 483 g/mol. The molecule has 5 nitrogen and oxygen atoms in total. The van der Waals surface area contributed by atoms with Crippen LogP contribution in [0.25, 0.3) is 0 Å². The Morgan fingerprint density at radius 2 is 2.00 bits per heavy atom. The van der Waals surface area contributed by atoms with Crippen LogP contribution >= 0.6 is 0 Å². The second-order valence-electron chi connectivity index (χ2n) is 2.95. The van der Waals surface area contributed by atoms with Crippen LogP contribution in [0.4, 0.5) is 0 Å². The average Bonchev–Trinajstić information content (AvgIpc) is 2.25. The molecule has 0 aromatic heterocycles. The number of aliphatic hydroxyl groups is 1. The van der Waals surface area contributed by atoms with Crippen molar-refractivity contribution in [3.05, 3.63) is 23.8 Å². The number of aliphatic hydroxyl groups excluding tert-OH is 1. The largest absolute Gasteiger partial charge is 0.492 e. The molecule has 0 bridgehead atoms. The first-order valence-corrected chi connectivity index (χ1v) is 4.40. The summed E-state index contributed by atoms with van der Waals surface area (Å²) in [6.07, 6.45) is 0. The summed E-state index contributed by atoms with van der Waals surface area (Å²) in [5, 5.41) is 27.0. The van der Waals surface area contributed by atoms with Gasteiger partial charge in [0.2, 0.25) is 0 Å². The van der Waals surface area contributed by atoms with E-state index in [2.05, 4.69) is 0 Å². The van der Waals surface area contributed by atoms with Gasteiger partial charge in [-0.3, -0.25) is 0 Å². The van der Waals surface area contributed by atoms with E-state index >= 15 is 0 Å². The number of benzene rings is 1. The van der Waals surface area contributed by atoms with Crippen LogP contribution in [0.5, 0.6) is 5.75 Å². The Hall–Kier alpha value is -2.08. The van der Waals surface area contributed by atoms with E-state index in [1.54, 1.807) is 6.07 Å². The average molecular weight is 481 g/mol. The van der Waals surface area contributed by atoms with Crippen LogP contribution in [-0.4, -0.2) is 36.2 Å². The number of hydrogen-bond acceptors (Lipinski definition) is 5. The first kappa shape index (κ1) is 13.9. The second kappa shape index (κ2) is 6.42. The van der Waals surface area contributed by atoms with Gasteiger partial charge in [0.05, 0.1) is 6.61 Å². The third-order valence-electron chi connectivity index (χ3n) is 1.87. The summed E-state index contributed by atoms with van der Waals surface area (Å²) in [4.78, 5) is 0. The Kier molecular flexibility index (Phi) is 5.58. The maximum atomic E-state index is 9.04. The van der Waals surface area contributed by atoms with E-state index in [1.165, 1.54) is 19.2 Å². The van der Waals surface area contributed by atoms with E-state index < -0.39 is 7.12 Å². The van der Waals surface area contributed by atoms with Gasteiger partial charge in [0, 0.05) is 12.6 Å². The third kappa shape index (κ3) is 3.25. The molecule has 1 aromatic rings. The summed E-state index contributed by atoms with van der Waals surface area (Å²) in [6, 6.07) is 4.61. The molecule has 0 atom stereocenters. The van der Waals surface area contributed by atoms with Gasteiger partial charge in [-0.2, -0.15) is 0 Å². The van der Waals surface area contributed by atoms with Crippen molar-refractivity contribution in [1.29, 1.82) is 0 Å². The predicted molar refractivity (Wildman–Crippen MR) is 54.7 cm³/mol. The van der Waals surface area contributed by atoms with Crippen LogP contribution in [0, 0.1) is 0 Å². The summed E-state index contributed by atoms with van der Waals surface area (Å²) < 4.78 is 9.84. The zero-order valence-corrected chi connectivity index (χ0v) is 15.6. The number of methoxy groups -OCH3 is 1. The fourth-order valence-electron chi connectivity index (χ4n) is 1.14. The fraction of sp³-hybridized carbons (Fsp3) is 0.333. The summed E-state index contributed by atoms with van der Waals surface area (Å²) in [5.74, 6) is 0.290. The van der Waals surface area contributed by atoms with Crippen LogP contribution < -0.4 is 10.2 Å². The van der Waals surface area contributed by atoms with Gasteiger partial charge in [-0.1, -0.05) is 12.1 Å². The molecule has 84 valence electrons. The fourth-order valence-corrected chi connectivity index (χ4v) is 1.14. The molecule has 0 aliphatic rings. The molecular formula is C9H13BO5Sg. The molecule has 1 rings (SSSR count). The van der Waals surface area contributed by atoms with E-state index in [0.29, 0.717) is 11.3 Å². The van der Waals surface area contributed by atoms with Gasteiger partial charge >= 0.3 is 7.12 Å². The normalized spacial score (nSPS) is 9.50. The molecule has 0 aliphatic carbocycles. The van der Waals surface area contributed by atoms with Gasteiger partial charge in [0.15, 0.2) is 6.79 Å². The SMILES string of the molecule is COCOc1cc(CO)ccc1B(O)O.[Sg]. The van der Waals surface area contributed by atoms with Gasteiger partial charge in [-0.15, -0.1) is 0 Å². The Morgan fingerprint density at radius 1 is 1.31 bits per heavy atom. The predicted octanol–water partition coefficient (Wildman–Crippen LogP) is -1.16. The zero-order valence-electron chi connectivity index (χ0n) is 9.09. The Balaban J connectivity index is 0.00000225. The maximum Gasteiger partial charge on any atom is 0.492 e. The standard InChI is InChI=1S/C9H13BO5.Sg/c1-14-6-15-9-4-7(5-11)2-3-8(9)10(12)13;/h2-4,11-13H,5-6H2,1H3;. The van der Waals surface area contributed by atoms with E-state index in [-0.39, 0.29) is 18.9 Å². The smallest absolute Gasteiger partial charge is 0.468 e. The van der Waals surface area contributed by atoms with Crippen molar-refractivity contribution < 1.29 is 24.6 Å². The molecule has 0 heterocycles. The van der Waals surface area contributed by atoms with E-state index in [9.17, 15) is 0 Å². The molecule has 0 saturated carbocycles. The summed E-state index contributed by atoms with van der Waals surface area (Å²) >= 11 is 0. The van der Waals surface area contributed by atoms with Gasteiger partial charge < -0.3 is 24.6 Å². The van der Waals surface area contributed by atoms with Crippen LogP contribution in [0.15, 0.2) is 18.2 Å². The Bertz CT molecular complexity index is 321. The molecular weight excluding hydrogens is 468 g/mol. The van der Waals surface area contributed by atoms with Gasteiger partial charge in [0.25, 0.3) is 0 Å². The van der Waals surface area contributed by atoms with E-state index in [1.807, 2.05) is 0 Å². The van der Waals surface area contributed by atoms with Crippen LogP contribution in [0.2, 0.25) is 0 Å². The Morgan fingerprint density at radius 3 is 2.50 bits per heavy atom. The minimum atomic E-state index is -1.61. The van der Waals surface area contributed by atoms with Crippen LogP contribution in [0.3, 0.4) is 0 Å². The zero-order chi connectivity index (χ0) is 11.3. The van der Waals surface area contributed by atoms with Gasteiger partial charge in [-0.25, -0.2) is 0 Å². The molecule has 1 aromatic carbocycles. The van der Waals surface area contributed by atoms with Crippen LogP contribution in [0.1, 0.15) is 5.56 Å². The molecule has 0 aliphatic heterocycles. The molecule has 0 unspecified atom stereocenters. The van der Waals surface area contributed by atoms with E-state index in [0.717, 1.165) is 0 Å². The van der Waals surface area contributed by atoms with Gasteiger partial charge in [-0.05, 0) is 11.6 Å². The van der Waals surface area contributed by atoms with E-state index in [4.69, 9.17) is 24.6 Å². The summed E-state index contributed by atoms with van der Waals surface area (Å²) in [5.41, 5.74) is 0.870. The first-order valence-electron chi connectivity index (χ1n) is 4.40. The summed E-state index contributed by atoms with van der Waals surface area (Å²) in [6.45, 7) is -0.125. The van der Waals surface area contributed by atoms with Crippen molar-refractivity contribution in [3.63, 3.8) is 0 Å². The molecule has 7 heteroatoms. The van der Waals surface area contributed by atoms with Gasteiger partial charge in [0.1, 0.15) is 5.75 Å². The van der Waals surface area contributed by atoms with Crippen molar-refractivity contribution in [3.8, 4) is 5.75 Å². The topological polar surface area (TPSA) is 79.2 Å². The molecule has 0 fully saturated rings. The minimum Gasteiger partial charge on any atom is -0.468 e. The maximum absolute atomic E-state index is 9.04. The van der Waals surface area contributed by atoms with Crippen molar-refractivity contribution in [2.24, 2.45) is 0 Å². The molecule has 16 heavy (non-hydrogen) atoms. The molecule has 0 spiro atoms. The first-order chi connectivity index (χ1) is 7.19. The van der Waals surface area contributed by atoms with Crippen molar-refractivity contribution in [2.45, 2.75) is 6.61 Å². The molecule has 3 N–H and O–H groups in total. The molecule has 0 amide bonds. The quantitative estimate of drug-likeness (QED) is 0.366. The third-order valence-corrected chi connectivity index (χ3v) is 1.87. The van der Waals surface area contributed by atoms with Crippen molar-refractivity contribution in [1.82, 2.24) is 0 Å². The van der Waals surface area contributed by atoms with Crippen molar-refractivity contribution in [2.75, 3.05) is 13.9 Å². The summed E-state index contributed by atoms with van der Waals surface area (Å²) in [7, 11) is -0.144.